The second kappa shape index (κ2) is 9.41. The third-order valence-corrected chi connectivity index (χ3v) is 4.25. The van der Waals surface area contributed by atoms with Gasteiger partial charge in [-0.2, -0.15) is 0 Å². The second-order valence-electron chi connectivity index (χ2n) is 6.10. The molecule has 0 saturated heterocycles. The Labute approximate surface area is 169 Å². The van der Waals surface area contributed by atoms with Gasteiger partial charge in [0.05, 0.1) is 25.5 Å². The molecule has 0 saturated carbocycles. The van der Waals surface area contributed by atoms with Crippen LogP contribution in [0.4, 0.5) is 5.69 Å². The number of hydrogen-bond acceptors (Lipinski definition) is 5. The molecule has 0 fully saturated rings. The van der Waals surface area contributed by atoms with Crippen LogP contribution in [0, 0.1) is 0 Å². The van der Waals surface area contributed by atoms with Crippen molar-refractivity contribution in [1.29, 1.82) is 0 Å². The molecule has 0 radical (unpaired) electrons. The van der Waals surface area contributed by atoms with Crippen LogP contribution in [0.25, 0.3) is 11.1 Å². The molecule has 0 heterocycles. The second-order valence-corrected chi connectivity index (χ2v) is 6.10. The van der Waals surface area contributed by atoms with Crippen LogP contribution in [-0.4, -0.2) is 32.7 Å². The Morgan fingerprint density at radius 2 is 1.59 bits per heavy atom. The van der Waals surface area contributed by atoms with E-state index in [-0.39, 0.29) is 0 Å². The number of hydrogen-bond donors (Lipinski definition) is 1. The molecule has 1 amide bonds. The third kappa shape index (κ3) is 4.93. The standard InChI is InChI=1S/C23H21NO5/c1-27-17-12-13-21(28-2)20(14-17)24-22(25)15-29-23(26)19-11-7-6-10-18(19)16-8-4-3-5-9-16/h3-14H,15H2,1-2H3,(H,24,25). The molecule has 3 aromatic carbocycles. The number of ether oxygens (including phenoxy) is 3. The fourth-order valence-electron chi connectivity index (χ4n) is 2.84. The minimum Gasteiger partial charge on any atom is -0.497 e. The maximum absolute atomic E-state index is 12.6. The summed E-state index contributed by atoms with van der Waals surface area (Å²) in [5.74, 6) is -0.0194. The number of rotatable bonds is 7. The molecule has 148 valence electrons. The number of nitrogens with one attached hydrogen (secondary N) is 1. The molecule has 3 aromatic rings. The molecule has 6 heteroatoms. The van der Waals surface area contributed by atoms with Crippen LogP contribution in [0.3, 0.4) is 0 Å². The zero-order valence-electron chi connectivity index (χ0n) is 16.2. The number of amides is 1. The lowest BCUT2D eigenvalue weighted by molar-refractivity contribution is -0.119. The van der Waals surface area contributed by atoms with Gasteiger partial charge in [0, 0.05) is 6.07 Å². The van der Waals surface area contributed by atoms with E-state index in [1.54, 1.807) is 30.3 Å². The van der Waals surface area contributed by atoms with Crippen molar-refractivity contribution >= 4 is 17.6 Å². The summed E-state index contributed by atoms with van der Waals surface area (Å²) in [6.07, 6.45) is 0. The Hall–Kier alpha value is -3.80. The quantitative estimate of drug-likeness (QED) is 0.612. The summed E-state index contributed by atoms with van der Waals surface area (Å²) in [5, 5.41) is 2.67. The predicted octanol–water partition coefficient (Wildman–Crippen LogP) is 4.17. The smallest absolute Gasteiger partial charge is 0.339 e. The zero-order chi connectivity index (χ0) is 20.6. The van der Waals surface area contributed by atoms with Gasteiger partial charge in [-0.3, -0.25) is 4.79 Å². The molecule has 0 atom stereocenters. The number of esters is 1. The van der Waals surface area contributed by atoms with Gasteiger partial charge in [0.1, 0.15) is 11.5 Å². The normalized spacial score (nSPS) is 10.1. The van der Waals surface area contributed by atoms with E-state index < -0.39 is 18.5 Å². The van der Waals surface area contributed by atoms with E-state index in [1.807, 2.05) is 42.5 Å². The highest BCUT2D eigenvalue weighted by molar-refractivity contribution is 6.00. The fourth-order valence-corrected chi connectivity index (χ4v) is 2.84. The molecule has 0 spiro atoms. The van der Waals surface area contributed by atoms with E-state index in [1.165, 1.54) is 14.2 Å². The average Bonchev–Trinajstić information content (AvgIpc) is 2.78. The Morgan fingerprint density at radius 3 is 2.31 bits per heavy atom. The number of carbonyl (C=O) groups is 2. The van der Waals surface area contributed by atoms with Crippen molar-refractivity contribution in [3.63, 3.8) is 0 Å². The Morgan fingerprint density at radius 1 is 0.862 bits per heavy atom. The lowest BCUT2D eigenvalue weighted by Crippen LogP contribution is -2.21. The Bertz CT molecular complexity index is 1000. The molecule has 0 aliphatic carbocycles. The maximum Gasteiger partial charge on any atom is 0.339 e. The fraction of sp³-hybridized carbons (Fsp3) is 0.130. The molecule has 1 N–H and O–H groups in total. The molecular weight excluding hydrogens is 370 g/mol. The van der Waals surface area contributed by atoms with Crippen molar-refractivity contribution in [2.24, 2.45) is 0 Å². The van der Waals surface area contributed by atoms with Crippen molar-refractivity contribution in [2.75, 3.05) is 26.1 Å². The molecule has 0 bridgehead atoms. The van der Waals surface area contributed by atoms with Crippen molar-refractivity contribution < 1.29 is 23.8 Å². The van der Waals surface area contributed by atoms with Gasteiger partial charge in [-0.1, -0.05) is 48.5 Å². The predicted molar refractivity (Wildman–Crippen MR) is 110 cm³/mol. The Balaban J connectivity index is 1.68. The average molecular weight is 391 g/mol. The van der Waals surface area contributed by atoms with Crippen molar-refractivity contribution in [2.45, 2.75) is 0 Å². The summed E-state index contributed by atoms with van der Waals surface area (Å²) in [7, 11) is 3.03. The number of methoxy groups -OCH3 is 2. The van der Waals surface area contributed by atoms with E-state index in [0.29, 0.717) is 22.7 Å². The summed E-state index contributed by atoms with van der Waals surface area (Å²) in [4.78, 5) is 24.9. The minimum absolute atomic E-state index is 0.394. The molecule has 6 nitrogen and oxygen atoms in total. The lowest BCUT2D eigenvalue weighted by atomic mass is 10.00. The Kier molecular flexibility index (Phi) is 6.47. The van der Waals surface area contributed by atoms with Crippen molar-refractivity contribution in [3.05, 3.63) is 78.4 Å². The highest BCUT2D eigenvalue weighted by Gasteiger charge is 2.16. The van der Waals surface area contributed by atoms with Crippen LogP contribution < -0.4 is 14.8 Å². The molecule has 29 heavy (non-hydrogen) atoms. The van der Waals surface area contributed by atoms with Gasteiger partial charge in [-0.25, -0.2) is 4.79 Å². The van der Waals surface area contributed by atoms with E-state index in [4.69, 9.17) is 14.2 Å². The van der Waals surface area contributed by atoms with Gasteiger partial charge >= 0.3 is 5.97 Å². The highest BCUT2D eigenvalue weighted by atomic mass is 16.5. The first-order valence-electron chi connectivity index (χ1n) is 8.96. The first kappa shape index (κ1) is 19.9. The van der Waals surface area contributed by atoms with Crippen LogP contribution in [0.5, 0.6) is 11.5 Å². The lowest BCUT2D eigenvalue weighted by Gasteiger charge is -2.12. The molecule has 0 unspecified atom stereocenters. The first-order valence-corrected chi connectivity index (χ1v) is 8.96. The molecule has 0 aromatic heterocycles. The number of benzene rings is 3. The highest BCUT2D eigenvalue weighted by Crippen LogP contribution is 2.29. The first-order chi connectivity index (χ1) is 14.1. The van der Waals surface area contributed by atoms with Gasteiger partial charge in [-0.05, 0) is 29.3 Å². The largest absolute Gasteiger partial charge is 0.497 e. The molecule has 0 aliphatic heterocycles. The van der Waals surface area contributed by atoms with E-state index in [9.17, 15) is 9.59 Å². The van der Waals surface area contributed by atoms with E-state index >= 15 is 0 Å². The van der Waals surface area contributed by atoms with Crippen molar-refractivity contribution in [3.8, 4) is 22.6 Å². The van der Waals surface area contributed by atoms with Crippen LogP contribution >= 0.6 is 0 Å². The summed E-state index contributed by atoms with van der Waals surface area (Å²) in [6, 6.07) is 21.7. The van der Waals surface area contributed by atoms with Gasteiger partial charge < -0.3 is 19.5 Å². The SMILES string of the molecule is COc1ccc(OC)c(NC(=O)COC(=O)c2ccccc2-c2ccccc2)c1. The van der Waals surface area contributed by atoms with E-state index in [0.717, 1.165) is 11.1 Å². The minimum atomic E-state index is -0.572. The van der Waals surface area contributed by atoms with Crippen LogP contribution in [0.2, 0.25) is 0 Å². The summed E-state index contributed by atoms with van der Waals surface area (Å²) >= 11 is 0. The molecular formula is C23H21NO5. The van der Waals surface area contributed by atoms with Gasteiger partial charge in [0.25, 0.3) is 5.91 Å². The summed E-state index contributed by atoms with van der Waals surface area (Å²) in [6.45, 7) is -0.428. The third-order valence-electron chi connectivity index (χ3n) is 4.25. The van der Waals surface area contributed by atoms with Crippen LogP contribution in [-0.2, 0) is 9.53 Å². The topological polar surface area (TPSA) is 73.9 Å². The molecule has 0 aliphatic rings. The van der Waals surface area contributed by atoms with Crippen LogP contribution in [0.1, 0.15) is 10.4 Å². The summed E-state index contributed by atoms with van der Waals surface area (Å²) in [5.41, 5.74) is 2.46. The monoisotopic (exact) mass is 391 g/mol. The van der Waals surface area contributed by atoms with E-state index in [2.05, 4.69) is 5.32 Å². The van der Waals surface area contributed by atoms with Gasteiger partial charge in [0.2, 0.25) is 0 Å². The summed E-state index contributed by atoms with van der Waals surface area (Å²) < 4.78 is 15.6. The van der Waals surface area contributed by atoms with Gasteiger partial charge in [0.15, 0.2) is 6.61 Å². The molecule has 3 rings (SSSR count). The van der Waals surface area contributed by atoms with Crippen LogP contribution in [0.15, 0.2) is 72.8 Å². The number of carbonyl (C=O) groups excluding carboxylic acids is 2. The van der Waals surface area contributed by atoms with Crippen molar-refractivity contribution in [1.82, 2.24) is 0 Å². The van der Waals surface area contributed by atoms with Gasteiger partial charge in [-0.15, -0.1) is 0 Å². The number of anilines is 1. The zero-order valence-corrected chi connectivity index (χ0v) is 16.2. The maximum atomic E-state index is 12.6.